The van der Waals surface area contributed by atoms with Gasteiger partial charge >= 0.3 is 0 Å². The maximum absolute atomic E-state index is 13.0. The molecule has 0 spiro atoms. The predicted molar refractivity (Wildman–Crippen MR) is 66.8 cm³/mol. The Hall–Kier alpha value is -1.04. The summed E-state index contributed by atoms with van der Waals surface area (Å²) in [5.41, 5.74) is 6.46. The van der Waals surface area contributed by atoms with E-state index in [1.165, 1.54) is 13.2 Å². The second kappa shape index (κ2) is 6.64. The van der Waals surface area contributed by atoms with Gasteiger partial charge in [0.2, 0.25) is 0 Å². The Bertz CT molecular complexity index is 377. The van der Waals surface area contributed by atoms with E-state index < -0.39 is 11.9 Å². The molecule has 0 amide bonds. The number of nitrogens with two attached hydrogens (primary N) is 1. The number of aliphatic hydroxyl groups excluding tert-OH is 1. The molecule has 1 rings (SSSR count). The SMILES string of the molecule is COCC(O)CCNc1cc(Cl)c(F)cc1N. The quantitative estimate of drug-likeness (QED) is 0.685. The van der Waals surface area contributed by atoms with Gasteiger partial charge in [0.1, 0.15) is 5.82 Å². The topological polar surface area (TPSA) is 67.5 Å². The van der Waals surface area contributed by atoms with E-state index in [2.05, 4.69) is 5.32 Å². The lowest BCUT2D eigenvalue weighted by atomic mass is 10.2. The van der Waals surface area contributed by atoms with Crippen molar-refractivity contribution in [2.45, 2.75) is 12.5 Å². The van der Waals surface area contributed by atoms with E-state index >= 15 is 0 Å². The van der Waals surface area contributed by atoms with Crippen LogP contribution in [0.1, 0.15) is 6.42 Å². The van der Waals surface area contributed by atoms with Crippen molar-refractivity contribution in [3.8, 4) is 0 Å². The highest BCUT2D eigenvalue weighted by Gasteiger charge is 2.07. The standard InChI is InChI=1S/C11H16ClFN2O2/c1-17-6-7(16)2-3-15-11-4-8(12)9(13)5-10(11)14/h4-5,7,15-16H,2-3,6,14H2,1H3. The molecule has 0 aliphatic heterocycles. The van der Waals surface area contributed by atoms with Crippen LogP contribution in [-0.2, 0) is 4.74 Å². The minimum absolute atomic E-state index is 0.0131. The third-order valence-corrected chi connectivity index (χ3v) is 2.53. The van der Waals surface area contributed by atoms with Crippen LogP contribution in [0.5, 0.6) is 0 Å². The van der Waals surface area contributed by atoms with Crippen LogP contribution in [-0.4, -0.2) is 31.5 Å². The average Bonchev–Trinajstić information content (AvgIpc) is 2.26. The van der Waals surface area contributed by atoms with Crippen LogP contribution in [0.25, 0.3) is 0 Å². The first kappa shape index (κ1) is 14.0. The highest BCUT2D eigenvalue weighted by atomic mass is 35.5. The number of nitrogens with one attached hydrogen (secondary N) is 1. The van der Waals surface area contributed by atoms with Crippen LogP contribution in [0.15, 0.2) is 12.1 Å². The molecule has 0 aliphatic rings. The molecule has 0 bridgehead atoms. The summed E-state index contributed by atoms with van der Waals surface area (Å²) >= 11 is 5.64. The smallest absolute Gasteiger partial charge is 0.143 e. The van der Waals surface area contributed by atoms with E-state index in [1.54, 1.807) is 0 Å². The van der Waals surface area contributed by atoms with Crippen LogP contribution in [0.3, 0.4) is 0 Å². The molecule has 4 nitrogen and oxygen atoms in total. The number of rotatable bonds is 6. The maximum atomic E-state index is 13.0. The lowest BCUT2D eigenvalue weighted by Gasteiger charge is -2.13. The summed E-state index contributed by atoms with van der Waals surface area (Å²) < 4.78 is 17.8. The van der Waals surface area contributed by atoms with Gasteiger partial charge in [0.25, 0.3) is 0 Å². The zero-order valence-corrected chi connectivity index (χ0v) is 10.3. The molecule has 17 heavy (non-hydrogen) atoms. The van der Waals surface area contributed by atoms with Crippen LogP contribution >= 0.6 is 11.6 Å². The second-order valence-corrected chi connectivity index (χ2v) is 4.09. The van der Waals surface area contributed by atoms with Gasteiger partial charge in [-0.2, -0.15) is 0 Å². The molecule has 96 valence electrons. The minimum atomic E-state index is -0.547. The Morgan fingerprint density at radius 3 is 2.94 bits per heavy atom. The van der Waals surface area contributed by atoms with Gasteiger partial charge < -0.3 is 20.9 Å². The summed E-state index contributed by atoms with van der Waals surface area (Å²) in [6.07, 6.45) is -0.0351. The van der Waals surface area contributed by atoms with Crippen molar-refractivity contribution in [1.29, 1.82) is 0 Å². The van der Waals surface area contributed by atoms with Gasteiger partial charge in [-0.3, -0.25) is 0 Å². The number of ether oxygens (including phenoxy) is 1. The predicted octanol–water partition coefficient (Wildman–Crippen LogP) is 1.87. The van der Waals surface area contributed by atoms with Crippen molar-refractivity contribution >= 4 is 23.0 Å². The van der Waals surface area contributed by atoms with E-state index in [4.69, 9.17) is 22.1 Å². The Morgan fingerprint density at radius 2 is 2.29 bits per heavy atom. The van der Waals surface area contributed by atoms with Gasteiger partial charge in [-0.1, -0.05) is 11.6 Å². The number of anilines is 2. The third kappa shape index (κ3) is 4.38. The third-order valence-electron chi connectivity index (χ3n) is 2.24. The molecule has 0 saturated carbocycles. The Kier molecular flexibility index (Phi) is 5.47. The summed E-state index contributed by atoms with van der Waals surface area (Å²) in [5, 5.41) is 12.4. The Balaban J connectivity index is 2.49. The van der Waals surface area contributed by atoms with Crippen molar-refractivity contribution in [2.75, 3.05) is 31.3 Å². The molecule has 1 atom stereocenters. The zero-order valence-electron chi connectivity index (χ0n) is 9.54. The fourth-order valence-electron chi connectivity index (χ4n) is 1.36. The van der Waals surface area contributed by atoms with E-state index in [-0.39, 0.29) is 17.3 Å². The van der Waals surface area contributed by atoms with E-state index in [0.29, 0.717) is 18.7 Å². The number of halogens is 2. The van der Waals surface area contributed by atoms with Gasteiger partial charge in [0.15, 0.2) is 0 Å². The number of nitrogen functional groups attached to an aromatic ring is 1. The van der Waals surface area contributed by atoms with Crippen molar-refractivity contribution in [3.63, 3.8) is 0 Å². The molecule has 0 aromatic heterocycles. The molecule has 1 unspecified atom stereocenters. The number of aliphatic hydroxyl groups is 1. The Morgan fingerprint density at radius 1 is 1.59 bits per heavy atom. The number of benzene rings is 1. The first-order valence-electron chi connectivity index (χ1n) is 5.20. The molecule has 4 N–H and O–H groups in total. The van der Waals surface area contributed by atoms with Crippen molar-refractivity contribution in [3.05, 3.63) is 23.0 Å². The van der Waals surface area contributed by atoms with Gasteiger partial charge in [-0.05, 0) is 12.5 Å². The summed E-state index contributed by atoms with van der Waals surface area (Å²) in [6.45, 7) is 0.776. The number of methoxy groups -OCH3 is 1. The fraction of sp³-hybridized carbons (Fsp3) is 0.455. The van der Waals surface area contributed by atoms with Crippen molar-refractivity contribution < 1.29 is 14.2 Å². The number of hydrogen-bond acceptors (Lipinski definition) is 4. The fourth-order valence-corrected chi connectivity index (χ4v) is 1.53. The van der Waals surface area contributed by atoms with Crippen LogP contribution in [0.4, 0.5) is 15.8 Å². The maximum Gasteiger partial charge on any atom is 0.143 e. The van der Waals surface area contributed by atoms with Gasteiger partial charge in [0.05, 0.1) is 29.1 Å². The largest absolute Gasteiger partial charge is 0.397 e. The molecule has 0 aliphatic carbocycles. The summed E-state index contributed by atoms with van der Waals surface area (Å²) in [7, 11) is 1.52. The molecular formula is C11H16ClFN2O2. The normalized spacial score (nSPS) is 12.5. The van der Waals surface area contributed by atoms with E-state index in [9.17, 15) is 9.50 Å². The van der Waals surface area contributed by atoms with E-state index in [0.717, 1.165) is 6.07 Å². The van der Waals surface area contributed by atoms with E-state index in [1.807, 2.05) is 0 Å². The molecule has 6 heteroatoms. The molecule has 0 radical (unpaired) electrons. The molecule has 0 saturated heterocycles. The summed E-state index contributed by atoms with van der Waals surface area (Å²) in [4.78, 5) is 0. The van der Waals surface area contributed by atoms with Crippen molar-refractivity contribution in [2.24, 2.45) is 0 Å². The highest BCUT2D eigenvalue weighted by Crippen LogP contribution is 2.26. The molecule has 0 fully saturated rings. The minimum Gasteiger partial charge on any atom is -0.397 e. The average molecular weight is 263 g/mol. The zero-order chi connectivity index (χ0) is 12.8. The Labute approximate surface area is 105 Å². The van der Waals surface area contributed by atoms with Crippen LogP contribution in [0.2, 0.25) is 5.02 Å². The second-order valence-electron chi connectivity index (χ2n) is 3.68. The lowest BCUT2D eigenvalue weighted by Crippen LogP contribution is -2.18. The highest BCUT2D eigenvalue weighted by molar-refractivity contribution is 6.31. The summed E-state index contributed by atoms with van der Waals surface area (Å²) in [5.74, 6) is -0.547. The van der Waals surface area contributed by atoms with Gasteiger partial charge in [-0.25, -0.2) is 4.39 Å². The lowest BCUT2D eigenvalue weighted by molar-refractivity contribution is 0.0615. The molecule has 1 aromatic rings. The molecule has 1 aromatic carbocycles. The molecule has 0 heterocycles. The van der Waals surface area contributed by atoms with Gasteiger partial charge in [-0.15, -0.1) is 0 Å². The first-order chi connectivity index (χ1) is 8.04. The summed E-state index contributed by atoms with van der Waals surface area (Å²) in [6, 6.07) is 2.59. The van der Waals surface area contributed by atoms with Crippen molar-refractivity contribution in [1.82, 2.24) is 0 Å². The number of hydrogen-bond donors (Lipinski definition) is 3. The monoisotopic (exact) mass is 262 g/mol. The van der Waals surface area contributed by atoms with Crippen LogP contribution < -0.4 is 11.1 Å². The van der Waals surface area contributed by atoms with Crippen LogP contribution in [0, 0.1) is 5.82 Å². The van der Waals surface area contributed by atoms with Gasteiger partial charge in [0, 0.05) is 19.7 Å². The first-order valence-corrected chi connectivity index (χ1v) is 5.57. The molecular weight excluding hydrogens is 247 g/mol.